The largest absolute Gasteiger partial charge is 2.00 e. The molecule has 0 rings (SSSR count). The Bertz CT molecular complexity index is 215. The van der Waals surface area contributed by atoms with Gasteiger partial charge in [0.15, 0.2) is 20.6 Å². The van der Waals surface area contributed by atoms with Crippen molar-refractivity contribution in [1.82, 2.24) is 0 Å². The van der Waals surface area contributed by atoms with Gasteiger partial charge in [0.2, 0.25) is 0 Å². The Morgan fingerprint density at radius 2 is 0.818 bits per heavy atom. The normalized spacial score (nSPS) is 10.5. The second-order valence-electron chi connectivity index (χ2n) is 0.986. The van der Waals surface area contributed by atoms with E-state index in [-0.39, 0.29) is 21.1 Å². The summed E-state index contributed by atoms with van der Waals surface area (Å²) in [6.45, 7) is 0. The molecule has 4 N–H and O–H groups in total. The van der Waals surface area contributed by atoms with Crippen LogP contribution < -0.4 is 10.3 Å². The van der Waals surface area contributed by atoms with E-state index in [1.54, 1.807) is 0 Å². The monoisotopic (exact) mass is 387 g/mol. The maximum Gasteiger partial charge on any atom is 2.00 e. The molecule has 0 aromatic heterocycles. The molecule has 0 heterocycles. The van der Waals surface area contributed by atoms with Gasteiger partial charge >= 0.3 is 21.1 Å². The van der Waals surface area contributed by atoms with E-state index < -0.39 is 20.6 Å². The summed E-state index contributed by atoms with van der Waals surface area (Å²) in [4.78, 5) is 0. The molecular weight excluding hydrogens is 383 g/mol. The van der Waals surface area contributed by atoms with Crippen molar-refractivity contribution >= 4 is 20.6 Å². The maximum atomic E-state index is 8.85. The Balaban J connectivity index is -0.000000107. The minimum atomic E-state index is -4.42. The summed E-state index contributed by atoms with van der Waals surface area (Å²) in [5.41, 5.74) is 0. The number of hydrogen-bond acceptors (Lipinski definition) is 6. The van der Waals surface area contributed by atoms with Gasteiger partial charge in [-0.25, -0.2) is 27.1 Å². The van der Waals surface area contributed by atoms with E-state index in [2.05, 4.69) is 10.3 Å². The van der Waals surface area contributed by atoms with Crippen molar-refractivity contribution in [3.63, 3.8) is 0 Å². The van der Waals surface area contributed by atoms with E-state index in [9.17, 15) is 0 Å². The van der Waals surface area contributed by atoms with E-state index in [1.165, 1.54) is 0 Å². The fourth-order valence-corrected chi connectivity index (χ4v) is 0. The first-order valence-electron chi connectivity index (χ1n) is 1.47. The van der Waals surface area contributed by atoms with Gasteiger partial charge in [-0.2, -0.15) is 0 Å². The van der Waals surface area contributed by atoms with Crippen molar-refractivity contribution in [3.8, 4) is 0 Å². The predicted molar refractivity (Wildman–Crippen MR) is 27.8 cm³/mol. The van der Waals surface area contributed by atoms with Crippen LogP contribution in [0.4, 0.5) is 0 Å². The van der Waals surface area contributed by atoms with Crippen LogP contribution in [0.1, 0.15) is 0 Å². The van der Waals surface area contributed by atoms with Crippen LogP contribution in [0.2, 0.25) is 0 Å². The predicted octanol–water partition coefficient (Wildman–Crippen LogP) is -3.19. The van der Waals surface area contributed by atoms with Gasteiger partial charge < -0.3 is 9.11 Å². The van der Waals surface area contributed by atoms with Crippen LogP contribution in [-0.2, 0) is 41.7 Å². The van der Waals surface area contributed by atoms with E-state index in [0.29, 0.717) is 0 Å². The van der Waals surface area contributed by atoms with Gasteiger partial charge in [-0.15, -0.1) is 0 Å². The van der Waals surface area contributed by atoms with Gasteiger partial charge in [0.05, 0.1) is 0 Å². The average molecular weight is 387 g/mol. The van der Waals surface area contributed by atoms with Crippen molar-refractivity contribution in [2.75, 3.05) is 0 Å². The standard InChI is InChI=1S/2H3NO3S.Pt/c2*1-5(2,3)4;/h2*(H3,1,2,3,4);/q;;+2/p-2. The topological polar surface area (TPSA) is 166 Å². The zero-order valence-electron chi connectivity index (χ0n) is 4.74. The molecule has 0 aliphatic carbocycles. The van der Waals surface area contributed by atoms with Crippen LogP contribution in [0, 0.1) is 0 Å². The molecule has 8 nitrogen and oxygen atoms in total. The molecule has 0 aliphatic heterocycles. The second kappa shape index (κ2) is 6.00. The molecule has 0 radical (unpaired) electrons. The second-order valence-corrected chi connectivity index (χ2v) is 2.96. The Morgan fingerprint density at radius 3 is 0.818 bits per heavy atom. The fraction of sp³-hybridized carbons (Fsp3) is 0. The van der Waals surface area contributed by atoms with Crippen LogP contribution in [-0.4, -0.2) is 25.9 Å². The van der Waals surface area contributed by atoms with Crippen LogP contribution in [0.15, 0.2) is 0 Å². The van der Waals surface area contributed by atoms with Gasteiger partial charge in [0, 0.05) is 0 Å². The summed E-state index contributed by atoms with van der Waals surface area (Å²) in [7, 11) is -8.83. The molecule has 11 heteroatoms. The molecule has 0 fully saturated rings. The van der Waals surface area contributed by atoms with Gasteiger partial charge in [-0.1, -0.05) is 0 Å². The third-order valence-electron chi connectivity index (χ3n) is 0. The summed E-state index contributed by atoms with van der Waals surface area (Å²) in [5, 5.41) is 7.54. The van der Waals surface area contributed by atoms with E-state index >= 15 is 0 Å². The third-order valence-corrected chi connectivity index (χ3v) is 0. The molecular formula is H4N2O6PtS2. The Hall–Kier alpha value is 0.428. The van der Waals surface area contributed by atoms with Gasteiger partial charge in [0.25, 0.3) is 0 Å². The van der Waals surface area contributed by atoms with Crippen LogP contribution in [0.25, 0.3) is 0 Å². The Morgan fingerprint density at radius 1 is 0.818 bits per heavy atom. The van der Waals surface area contributed by atoms with Crippen molar-refractivity contribution in [3.05, 3.63) is 0 Å². The molecule has 0 bridgehead atoms. The molecule has 0 aromatic carbocycles. The van der Waals surface area contributed by atoms with Gasteiger partial charge in [0.1, 0.15) is 0 Å². The average Bonchev–Trinajstić information content (AvgIpc) is 1.12. The minimum absolute atomic E-state index is 0. The molecule has 72 valence electrons. The zero-order chi connectivity index (χ0) is 9.00. The van der Waals surface area contributed by atoms with Crippen molar-refractivity contribution < 1.29 is 47.0 Å². The molecule has 0 saturated carbocycles. The molecule has 0 aromatic rings. The number of rotatable bonds is 0. The Kier molecular flexibility index (Phi) is 9.55. The Labute approximate surface area is 78.0 Å². The third kappa shape index (κ3) is 4040. The molecule has 11 heavy (non-hydrogen) atoms. The summed E-state index contributed by atoms with van der Waals surface area (Å²) < 4.78 is 53.1. The summed E-state index contributed by atoms with van der Waals surface area (Å²) in [5.74, 6) is 0. The maximum absolute atomic E-state index is 8.85. The van der Waals surface area contributed by atoms with E-state index in [0.717, 1.165) is 0 Å². The van der Waals surface area contributed by atoms with Crippen LogP contribution >= 0.6 is 0 Å². The number of hydrogen-bond donors (Lipinski definition) is 2. The van der Waals surface area contributed by atoms with E-state index in [4.69, 9.17) is 25.9 Å². The fourth-order valence-electron chi connectivity index (χ4n) is 0. The first-order valence-corrected chi connectivity index (χ1v) is 4.41. The minimum Gasteiger partial charge on any atom is -0.736 e. The van der Waals surface area contributed by atoms with Crippen LogP contribution in [0.3, 0.4) is 0 Å². The van der Waals surface area contributed by atoms with Crippen LogP contribution in [0.5, 0.6) is 0 Å². The van der Waals surface area contributed by atoms with Crippen molar-refractivity contribution in [2.45, 2.75) is 0 Å². The zero-order valence-corrected chi connectivity index (χ0v) is 8.64. The summed E-state index contributed by atoms with van der Waals surface area (Å²) in [6.07, 6.45) is 0. The van der Waals surface area contributed by atoms with Crippen molar-refractivity contribution in [1.29, 1.82) is 0 Å². The van der Waals surface area contributed by atoms with Gasteiger partial charge in [-0.05, 0) is 0 Å². The molecule has 0 amide bonds. The van der Waals surface area contributed by atoms with Crippen molar-refractivity contribution in [2.24, 2.45) is 10.3 Å². The smallest absolute Gasteiger partial charge is 0.736 e. The number of nitrogens with two attached hydrogens (primary N) is 2. The molecule has 0 aliphatic rings. The van der Waals surface area contributed by atoms with Gasteiger partial charge in [-0.3, -0.25) is 0 Å². The molecule has 0 atom stereocenters. The SMILES string of the molecule is NS(=O)(=O)[O-].NS(=O)(=O)[O-].[Pt+2]. The molecule has 0 saturated heterocycles. The summed E-state index contributed by atoms with van der Waals surface area (Å²) in [6, 6.07) is 0. The molecule has 0 unspecified atom stereocenters. The first-order chi connectivity index (χ1) is 4.00. The first kappa shape index (κ1) is 17.5. The molecule has 0 spiro atoms. The quantitative estimate of drug-likeness (QED) is 0.415. The van der Waals surface area contributed by atoms with E-state index in [1.807, 2.05) is 0 Å². The summed E-state index contributed by atoms with van der Waals surface area (Å²) >= 11 is 0.